The van der Waals surface area contributed by atoms with Crippen molar-refractivity contribution in [1.29, 1.82) is 0 Å². The van der Waals surface area contributed by atoms with Crippen LogP contribution in [0.15, 0.2) is 34.8 Å². The molecule has 2 bridgehead atoms. The van der Waals surface area contributed by atoms with Gasteiger partial charge in [-0.2, -0.15) is 0 Å². The van der Waals surface area contributed by atoms with Crippen molar-refractivity contribution < 1.29 is 4.79 Å². The zero-order valence-electron chi connectivity index (χ0n) is 15.9. The number of aromatic nitrogens is 4. The number of amides is 1. The van der Waals surface area contributed by atoms with E-state index in [1.165, 1.54) is 17.7 Å². The normalized spacial score (nSPS) is 20.4. The van der Waals surface area contributed by atoms with Crippen molar-refractivity contribution >= 4 is 23.1 Å². The fourth-order valence-corrected chi connectivity index (χ4v) is 5.22. The predicted molar refractivity (Wildman–Crippen MR) is 110 cm³/mol. The highest BCUT2D eigenvalue weighted by Gasteiger charge is 2.37. The molecule has 0 aliphatic carbocycles. The molecule has 29 heavy (non-hydrogen) atoms. The molecule has 1 amide bonds. The summed E-state index contributed by atoms with van der Waals surface area (Å²) in [5.74, 6) is 0.792. The average Bonchev–Trinajstić information content (AvgIpc) is 3.14. The number of aryl methyl sites for hydroxylation is 1. The maximum absolute atomic E-state index is 13.0. The molecule has 5 rings (SSSR count). The molecule has 2 aliphatic heterocycles. The minimum absolute atomic E-state index is 0.0372. The van der Waals surface area contributed by atoms with Crippen molar-refractivity contribution in [1.82, 2.24) is 24.4 Å². The van der Waals surface area contributed by atoms with E-state index in [2.05, 4.69) is 15.0 Å². The fraction of sp³-hybridized carbons (Fsp3) is 0.350. The zero-order chi connectivity index (χ0) is 20.1. The number of hydrogen-bond acceptors (Lipinski definition) is 7. The van der Waals surface area contributed by atoms with E-state index >= 15 is 0 Å². The highest BCUT2D eigenvalue weighted by molar-refractivity contribution is 7.11. The third kappa shape index (κ3) is 3.11. The standard InChI is InChI=1S/C20H20N6O2S/c1-11-19(29-10-24-11)20(28)25-6-12-2-14(8-25)16-3-13(4-18(27)26(16)7-12)15-5-17(21)23-9-22-15/h3-5,9-10,12,14H,2,6-8H2,1H3,(H2,21,22,23)/t12-,14+/m0/s1. The van der Waals surface area contributed by atoms with E-state index in [1.54, 1.807) is 17.6 Å². The number of anilines is 1. The Morgan fingerprint density at radius 1 is 1.17 bits per heavy atom. The smallest absolute Gasteiger partial charge is 0.265 e. The SMILES string of the molecule is Cc1ncsc1C(=O)N1C[C@@H]2C[C@H](C1)c1cc(-c3cc(N)ncn3)cc(=O)n1C2. The number of nitrogen functional groups attached to an aromatic ring is 1. The lowest BCUT2D eigenvalue weighted by Gasteiger charge is -2.42. The van der Waals surface area contributed by atoms with Crippen molar-refractivity contribution in [3.63, 3.8) is 0 Å². The number of likely N-dealkylation sites (tertiary alicyclic amines) is 1. The van der Waals surface area contributed by atoms with Crippen molar-refractivity contribution in [2.24, 2.45) is 5.92 Å². The number of nitrogens with zero attached hydrogens (tertiary/aromatic N) is 5. The topological polar surface area (TPSA) is 107 Å². The summed E-state index contributed by atoms with van der Waals surface area (Å²) in [7, 11) is 0. The summed E-state index contributed by atoms with van der Waals surface area (Å²) in [6.07, 6.45) is 2.37. The summed E-state index contributed by atoms with van der Waals surface area (Å²) in [4.78, 5) is 40.8. The van der Waals surface area contributed by atoms with Crippen LogP contribution in [-0.2, 0) is 6.54 Å². The highest BCUT2D eigenvalue weighted by Crippen LogP contribution is 2.37. The van der Waals surface area contributed by atoms with Crippen LogP contribution in [0, 0.1) is 12.8 Å². The molecule has 2 aliphatic rings. The molecule has 3 aromatic rings. The first kappa shape index (κ1) is 18.0. The minimum Gasteiger partial charge on any atom is -0.384 e. The van der Waals surface area contributed by atoms with Gasteiger partial charge in [0, 0.05) is 48.9 Å². The summed E-state index contributed by atoms with van der Waals surface area (Å²) < 4.78 is 1.85. The highest BCUT2D eigenvalue weighted by atomic mass is 32.1. The van der Waals surface area contributed by atoms with Crippen LogP contribution in [0.3, 0.4) is 0 Å². The number of pyridine rings is 1. The third-order valence-electron chi connectivity index (χ3n) is 5.77. The van der Waals surface area contributed by atoms with Crippen LogP contribution in [0.25, 0.3) is 11.3 Å². The van der Waals surface area contributed by atoms with Gasteiger partial charge >= 0.3 is 0 Å². The number of fused-ring (bicyclic) bond motifs is 4. The molecule has 0 aromatic carbocycles. The van der Waals surface area contributed by atoms with E-state index in [1.807, 2.05) is 22.5 Å². The largest absolute Gasteiger partial charge is 0.384 e. The van der Waals surface area contributed by atoms with Gasteiger partial charge in [0.25, 0.3) is 11.5 Å². The number of hydrogen-bond donors (Lipinski definition) is 1. The second-order valence-corrected chi connectivity index (χ2v) is 8.58. The molecule has 0 spiro atoms. The van der Waals surface area contributed by atoms with Crippen LogP contribution >= 0.6 is 11.3 Å². The van der Waals surface area contributed by atoms with Gasteiger partial charge in [-0.3, -0.25) is 9.59 Å². The Labute approximate surface area is 171 Å². The van der Waals surface area contributed by atoms with Crippen LogP contribution in [-0.4, -0.2) is 43.4 Å². The summed E-state index contributed by atoms with van der Waals surface area (Å²) in [6, 6.07) is 5.28. The van der Waals surface area contributed by atoms with Gasteiger partial charge in [-0.05, 0) is 25.3 Å². The van der Waals surface area contributed by atoms with Gasteiger partial charge in [0.2, 0.25) is 0 Å². The molecule has 3 aromatic heterocycles. The number of carbonyl (C=O) groups is 1. The molecular weight excluding hydrogens is 388 g/mol. The molecule has 9 heteroatoms. The molecular formula is C20H20N6O2S. The number of thiazole rings is 1. The van der Waals surface area contributed by atoms with E-state index in [4.69, 9.17) is 5.73 Å². The maximum Gasteiger partial charge on any atom is 0.265 e. The van der Waals surface area contributed by atoms with Crippen LogP contribution in [0.1, 0.15) is 33.4 Å². The number of carbonyl (C=O) groups excluding carboxylic acids is 1. The van der Waals surface area contributed by atoms with Gasteiger partial charge in [0.15, 0.2) is 0 Å². The second kappa shape index (κ2) is 6.77. The van der Waals surface area contributed by atoms with E-state index in [-0.39, 0.29) is 23.3 Å². The molecule has 2 N–H and O–H groups in total. The van der Waals surface area contributed by atoms with Crippen molar-refractivity contribution in [3.8, 4) is 11.3 Å². The van der Waals surface area contributed by atoms with Crippen molar-refractivity contribution in [3.05, 3.63) is 56.7 Å². The first-order valence-electron chi connectivity index (χ1n) is 9.51. The van der Waals surface area contributed by atoms with Gasteiger partial charge in [-0.1, -0.05) is 0 Å². The van der Waals surface area contributed by atoms with Crippen LogP contribution in [0.2, 0.25) is 0 Å². The molecule has 2 atom stereocenters. The van der Waals surface area contributed by atoms with Crippen molar-refractivity contribution in [2.75, 3.05) is 18.8 Å². The monoisotopic (exact) mass is 408 g/mol. The molecule has 148 valence electrons. The lowest BCUT2D eigenvalue weighted by Crippen LogP contribution is -2.49. The number of rotatable bonds is 2. The second-order valence-electron chi connectivity index (χ2n) is 7.72. The predicted octanol–water partition coefficient (Wildman–Crippen LogP) is 1.91. The minimum atomic E-state index is -0.0394. The molecule has 0 unspecified atom stereocenters. The zero-order valence-corrected chi connectivity index (χ0v) is 16.7. The molecule has 1 saturated heterocycles. The lowest BCUT2D eigenvalue weighted by atomic mass is 9.82. The molecule has 0 saturated carbocycles. The van der Waals surface area contributed by atoms with E-state index in [0.717, 1.165) is 23.4 Å². The van der Waals surface area contributed by atoms with Gasteiger partial charge in [0.1, 0.15) is 17.0 Å². The Hall–Kier alpha value is -3.07. The van der Waals surface area contributed by atoms with Crippen molar-refractivity contribution in [2.45, 2.75) is 25.8 Å². The Balaban J connectivity index is 1.51. The Bertz CT molecular complexity index is 1170. The Morgan fingerprint density at radius 2 is 2.03 bits per heavy atom. The molecule has 0 radical (unpaired) electrons. The number of nitrogens with two attached hydrogens (primary N) is 1. The average molecular weight is 408 g/mol. The van der Waals surface area contributed by atoms with E-state index in [0.29, 0.717) is 36.0 Å². The quantitative estimate of drug-likeness (QED) is 0.694. The Morgan fingerprint density at radius 3 is 2.79 bits per heavy atom. The van der Waals surface area contributed by atoms with Gasteiger partial charge < -0.3 is 15.2 Å². The molecule has 5 heterocycles. The Kier molecular flexibility index (Phi) is 4.20. The fourth-order valence-electron chi connectivity index (χ4n) is 4.45. The van der Waals surface area contributed by atoms with Gasteiger partial charge in [-0.25, -0.2) is 15.0 Å². The molecule has 1 fully saturated rings. The summed E-state index contributed by atoms with van der Waals surface area (Å²) in [5.41, 5.74) is 10.5. The van der Waals surface area contributed by atoms with E-state index < -0.39 is 0 Å². The van der Waals surface area contributed by atoms with Gasteiger partial charge in [-0.15, -0.1) is 11.3 Å². The first-order chi connectivity index (χ1) is 14.0. The maximum atomic E-state index is 13.0. The summed E-state index contributed by atoms with van der Waals surface area (Å²) in [5, 5.41) is 0. The summed E-state index contributed by atoms with van der Waals surface area (Å²) >= 11 is 1.38. The number of piperidine rings is 1. The van der Waals surface area contributed by atoms with Gasteiger partial charge in [0.05, 0.1) is 16.9 Å². The lowest BCUT2D eigenvalue weighted by molar-refractivity contribution is 0.0598. The third-order valence-corrected chi connectivity index (χ3v) is 6.68. The molecule has 8 nitrogen and oxygen atoms in total. The van der Waals surface area contributed by atoms with Crippen LogP contribution in [0.4, 0.5) is 5.82 Å². The first-order valence-corrected chi connectivity index (χ1v) is 10.4. The van der Waals surface area contributed by atoms with E-state index in [9.17, 15) is 9.59 Å². The van der Waals surface area contributed by atoms with Crippen LogP contribution in [0.5, 0.6) is 0 Å². The summed E-state index contributed by atoms with van der Waals surface area (Å²) in [6.45, 7) is 3.76. The van der Waals surface area contributed by atoms with Crippen LogP contribution < -0.4 is 11.3 Å².